The van der Waals surface area contributed by atoms with Gasteiger partial charge in [-0.3, -0.25) is 4.79 Å². The van der Waals surface area contributed by atoms with Crippen LogP contribution in [0.3, 0.4) is 0 Å². The van der Waals surface area contributed by atoms with E-state index in [4.69, 9.17) is 5.73 Å². The second-order valence-corrected chi connectivity index (χ2v) is 7.39. The predicted molar refractivity (Wildman–Crippen MR) is 114 cm³/mol. The molecule has 1 unspecified atom stereocenters. The molecule has 0 aliphatic carbocycles. The zero-order chi connectivity index (χ0) is 19.9. The lowest BCUT2D eigenvalue weighted by Gasteiger charge is -2.14. The van der Waals surface area contributed by atoms with Crippen LogP contribution in [0.15, 0.2) is 53.9 Å². The summed E-state index contributed by atoms with van der Waals surface area (Å²) in [5.41, 5.74) is 10.3. The van der Waals surface area contributed by atoms with E-state index in [0.29, 0.717) is 18.2 Å². The molecule has 0 radical (unpaired) electrons. The molecule has 1 amide bonds. The molecule has 0 saturated carbocycles. The van der Waals surface area contributed by atoms with E-state index < -0.39 is 6.10 Å². The fraction of sp³-hybridized carbons (Fsp3) is 0.238. The Hall–Kier alpha value is -2.74. The molecule has 0 fully saturated rings. The molecule has 3 rings (SSSR count). The van der Waals surface area contributed by atoms with Crippen LogP contribution >= 0.6 is 11.3 Å². The number of anilines is 2. The van der Waals surface area contributed by atoms with Crippen molar-refractivity contribution in [1.29, 1.82) is 0 Å². The summed E-state index contributed by atoms with van der Waals surface area (Å²) in [6, 6.07) is 15.4. The average Bonchev–Trinajstić information content (AvgIpc) is 3.12. The van der Waals surface area contributed by atoms with Crippen molar-refractivity contribution in [2.75, 3.05) is 24.1 Å². The second kappa shape index (κ2) is 9.45. The number of aliphatic hydroxyl groups is 1. The number of nitrogen functional groups attached to an aromatic ring is 1. The van der Waals surface area contributed by atoms with Gasteiger partial charge < -0.3 is 21.5 Å². The lowest BCUT2D eigenvalue weighted by molar-refractivity contribution is -0.114. The molecule has 0 spiro atoms. The summed E-state index contributed by atoms with van der Waals surface area (Å²) in [5.74, 6) is -0.118. The predicted octanol–water partition coefficient (Wildman–Crippen LogP) is 3.22. The number of aromatic nitrogens is 1. The highest BCUT2D eigenvalue weighted by Gasteiger charge is 2.11. The summed E-state index contributed by atoms with van der Waals surface area (Å²) in [7, 11) is 0. The van der Waals surface area contributed by atoms with E-state index in [0.717, 1.165) is 34.5 Å². The van der Waals surface area contributed by atoms with Crippen molar-refractivity contribution in [3.05, 3.63) is 65.0 Å². The van der Waals surface area contributed by atoms with Gasteiger partial charge in [0.15, 0.2) is 5.13 Å². The van der Waals surface area contributed by atoms with E-state index in [1.165, 1.54) is 18.3 Å². The number of hydrogen-bond acceptors (Lipinski definition) is 6. The molecule has 7 heteroatoms. The van der Waals surface area contributed by atoms with Gasteiger partial charge in [-0.1, -0.05) is 36.4 Å². The SMILES string of the molecule is CC(=O)Nc1ccc(CCNCC(O)c2ccccc2)c(-c2csc(N)n2)c1. The van der Waals surface area contributed by atoms with Crippen molar-refractivity contribution in [2.45, 2.75) is 19.4 Å². The van der Waals surface area contributed by atoms with E-state index in [9.17, 15) is 9.90 Å². The number of nitrogens with zero attached hydrogens (tertiary/aromatic N) is 1. The molecule has 5 N–H and O–H groups in total. The molecule has 6 nitrogen and oxygen atoms in total. The molecular weight excluding hydrogens is 372 g/mol. The maximum absolute atomic E-state index is 11.4. The first-order valence-electron chi connectivity index (χ1n) is 9.08. The summed E-state index contributed by atoms with van der Waals surface area (Å²) >= 11 is 1.39. The number of thiazole rings is 1. The van der Waals surface area contributed by atoms with Crippen LogP contribution in [-0.2, 0) is 11.2 Å². The maximum atomic E-state index is 11.4. The minimum absolute atomic E-state index is 0.118. The van der Waals surface area contributed by atoms with Gasteiger partial charge in [0.2, 0.25) is 5.91 Å². The Bertz CT molecular complexity index is 927. The number of rotatable bonds is 8. The first-order chi connectivity index (χ1) is 13.5. The van der Waals surface area contributed by atoms with Crippen LogP contribution in [0.25, 0.3) is 11.3 Å². The molecule has 146 valence electrons. The van der Waals surface area contributed by atoms with Crippen molar-refractivity contribution >= 4 is 28.1 Å². The Morgan fingerprint density at radius 1 is 1.25 bits per heavy atom. The maximum Gasteiger partial charge on any atom is 0.221 e. The summed E-state index contributed by atoms with van der Waals surface area (Å²) in [6.45, 7) is 2.67. The number of benzene rings is 2. The summed E-state index contributed by atoms with van der Waals surface area (Å²) < 4.78 is 0. The quantitative estimate of drug-likeness (QED) is 0.438. The Balaban J connectivity index is 1.66. The van der Waals surface area contributed by atoms with E-state index in [1.54, 1.807) is 0 Å². The first-order valence-corrected chi connectivity index (χ1v) is 9.96. The van der Waals surface area contributed by atoms with Crippen molar-refractivity contribution < 1.29 is 9.90 Å². The van der Waals surface area contributed by atoms with Crippen LogP contribution in [0.5, 0.6) is 0 Å². The highest BCUT2D eigenvalue weighted by molar-refractivity contribution is 7.13. The van der Waals surface area contributed by atoms with E-state index >= 15 is 0 Å². The first kappa shape index (κ1) is 20.0. The zero-order valence-electron chi connectivity index (χ0n) is 15.7. The monoisotopic (exact) mass is 396 g/mol. The summed E-state index contributed by atoms with van der Waals surface area (Å²) in [4.78, 5) is 15.7. The normalized spacial score (nSPS) is 11.9. The van der Waals surface area contributed by atoms with Gasteiger partial charge in [-0.15, -0.1) is 11.3 Å². The van der Waals surface area contributed by atoms with Gasteiger partial charge in [-0.05, 0) is 36.2 Å². The summed E-state index contributed by atoms with van der Waals surface area (Å²) in [6.07, 6.45) is 0.218. The third kappa shape index (κ3) is 5.39. The Kier molecular flexibility index (Phi) is 6.76. The largest absolute Gasteiger partial charge is 0.387 e. The fourth-order valence-corrected chi connectivity index (χ4v) is 3.54. The third-order valence-corrected chi connectivity index (χ3v) is 5.00. The van der Waals surface area contributed by atoms with Gasteiger partial charge in [-0.2, -0.15) is 0 Å². The van der Waals surface area contributed by atoms with Crippen LogP contribution < -0.4 is 16.4 Å². The highest BCUT2D eigenvalue weighted by atomic mass is 32.1. The van der Waals surface area contributed by atoms with Crippen molar-refractivity contribution in [2.24, 2.45) is 0 Å². The molecule has 0 aliphatic heterocycles. The lowest BCUT2D eigenvalue weighted by atomic mass is 10.0. The third-order valence-electron chi connectivity index (χ3n) is 4.32. The molecule has 0 aliphatic rings. The Morgan fingerprint density at radius 3 is 2.71 bits per heavy atom. The van der Waals surface area contributed by atoms with Crippen molar-refractivity contribution in [1.82, 2.24) is 10.3 Å². The highest BCUT2D eigenvalue weighted by Crippen LogP contribution is 2.29. The van der Waals surface area contributed by atoms with Crippen LogP contribution in [-0.4, -0.2) is 29.1 Å². The summed E-state index contributed by atoms with van der Waals surface area (Å²) in [5, 5.41) is 18.8. The molecule has 1 heterocycles. The van der Waals surface area contributed by atoms with E-state index in [2.05, 4.69) is 15.6 Å². The number of nitrogens with one attached hydrogen (secondary N) is 2. The van der Waals surface area contributed by atoms with Gasteiger partial charge in [0.05, 0.1) is 11.8 Å². The molecule has 0 saturated heterocycles. The van der Waals surface area contributed by atoms with E-state index in [-0.39, 0.29) is 5.91 Å². The van der Waals surface area contributed by atoms with E-state index in [1.807, 2.05) is 53.9 Å². The molecule has 0 bridgehead atoms. The molecule has 28 heavy (non-hydrogen) atoms. The Labute approximate surface area is 168 Å². The van der Waals surface area contributed by atoms with Crippen LogP contribution in [0.1, 0.15) is 24.2 Å². The minimum Gasteiger partial charge on any atom is -0.387 e. The second-order valence-electron chi connectivity index (χ2n) is 6.50. The molecule has 3 aromatic rings. The minimum atomic E-state index is -0.541. The number of carbonyl (C=O) groups is 1. The smallest absolute Gasteiger partial charge is 0.221 e. The average molecular weight is 397 g/mol. The number of nitrogens with two attached hydrogens (primary N) is 1. The van der Waals surface area contributed by atoms with Crippen LogP contribution in [0, 0.1) is 0 Å². The standard InChI is InChI=1S/C21H24N4O2S/c1-14(26)24-17-8-7-15(18(11-17)19-13-28-21(22)25-19)9-10-23-12-20(27)16-5-3-2-4-6-16/h2-8,11,13,20,23,27H,9-10,12H2,1H3,(H2,22,25)(H,24,26). The Morgan fingerprint density at radius 2 is 2.04 bits per heavy atom. The van der Waals surface area contributed by atoms with Crippen molar-refractivity contribution in [3.8, 4) is 11.3 Å². The topological polar surface area (TPSA) is 100 Å². The van der Waals surface area contributed by atoms with Gasteiger partial charge in [0.1, 0.15) is 0 Å². The number of aliphatic hydroxyl groups excluding tert-OH is 1. The van der Waals surface area contributed by atoms with Crippen LogP contribution in [0.2, 0.25) is 0 Å². The molecule has 1 atom stereocenters. The van der Waals surface area contributed by atoms with Crippen molar-refractivity contribution in [3.63, 3.8) is 0 Å². The van der Waals surface area contributed by atoms with Gasteiger partial charge in [0, 0.05) is 30.1 Å². The van der Waals surface area contributed by atoms with Gasteiger partial charge >= 0.3 is 0 Å². The molecule has 2 aromatic carbocycles. The number of carbonyl (C=O) groups excluding carboxylic acids is 1. The lowest BCUT2D eigenvalue weighted by Crippen LogP contribution is -2.24. The zero-order valence-corrected chi connectivity index (χ0v) is 16.5. The number of amides is 1. The molecular formula is C21H24N4O2S. The number of hydrogen-bond donors (Lipinski definition) is 4. The van der Waals surface area contributed by atoms with Gasteiger partial charge in [0.25, 0.3) is 0 Å². The fourth-order valence-electron chi connectivity index (χ4n) is 2.98. The van der Waals surface area contributed by atoms with Gasteiger partial charge in [-0.25, -0.2) is 4.98 Å². The molecule has 1 aromatic heterocycles. The van der Waals surface area contributed by atoms with Crippen LogP contribution in [0.4, 0.5) is 10.8 Å².